The summed E-state index contributed by atoms with van der Waals surface area (Å²) in [6.07, 6.45) is -4.52. The Balaban J connectivity index is 1.63. The molecule has 30 heavy (non-hydrogen) atoms. The number of carbonyl (C=O) groups is 1. The Hall–Kier alpha value is -3.43. The molecule has 7 nitrogen and oxygen atoms in total. The average Bonchev–Trinajstić information content (AvgIpc) is 3.33. The normalized spacial score (nSPS) is 11.4. The van der Waals surface area contributed by atoms with Crippen LogP contribution in [0.4, 0.5) is 13.2 Å². The van der Waals surface area contributed by atoms with Gasteiger partial charge in [0.05, 0.1) is 20.8 Å². The molecular formula is C20H20F3N3O4. The van der Waals surface area contributed by atoms with E-state index in [2.05, 4.69) is 10.4 Å². The lowest BCUT2D eigenvalue weighted by Gasteiger charge is -2.10. The Morgan fingerprint density at radius 2 is 1.87 bits per heavy atom. The third-order valence-electron chi connectivity index (χ3n) is 4.36. The number of aromatic nitrogens is 2. The molecule has 0 saturated heterocycles. The van der Waals surface area contributed by atoms with Crippen molar-refractivity contribution in [3.8, 4) is 11.5 Å². The van der Waals surface area contributed by atoms with E-state index in [1.54, 1.807) is 18.2 Å². The third kappa shape index (κ3) is 4.76. The van der Waals surface area contributed by atoms with Crippen molar-refractivity contribution in [1.29, 1.82) is 0 Å². The van der Waals surface area contributed by atoms with Gasteiger partial charge in [-0.05, 0) is 42.8 Å². The number of amides is 1. The predicted octanol–water partition coefficient (Wildman–Crippen LogP) is 3.80. The smallest absolute Gasteiger partial charge is 0.435 e. The molecule has 2 heterocycles. The Bertz CT molecular complexity index is 1040. The van der Waals surface area contributed by atoms with Gasteiger partial charge in [-0.1, -0.05) is 6.07 Å². The molecule has 0 radical (unpaired) electrons. The summed E-state index contributed by atoms with van der Waals surface area (Å²) in [6.45, 7) is 1.72. The Labute approximate surface area is 170 Å². The van der Waals surface area contributed by atoms with Crippen LogP contribution in [0.15, 0.2) is 40.8 Å². The van der Waals surface area contributed by atoms with E-state index < -0.39 is 17.8 Å². The lowest BCUT2D eigenvalue weighted by Crippen LogP contribution is -2.22. The molecule has 0 aliphatic carbocycles. The maximum atomic E-state index is 12.8. The number of hydrogen-bond acceptors (Lipinski definition) is 5. The number of benzene rings is 1. The minimum atomic E-state index is -4.52. The highest BCUT2D eigenvalue weighted by Crippen LogP contribution is 2.29. The van der Waals surface area contributed by atoms with E-state index in [1.807, 2.05) is 0 Å². The lowest BCUT2D eigenvalue weighted by atomic mass is 10.2. The molecular weight excluding hydrogens is 403 g/mol. The van der Waals surface area contributed by atoms with Crippen LogP contribution in [0.25, 0.3) is 0 Å². The van der Waals surface area contributed by atoms with E-state index in [0.717, 1.165) is 11.6 Å². The summed E-state index contributed by atoms with van der Waals surface area (Å²) in [4.78, 5) is 12.3. The van der Waals surface area contributed by atoms with Crippen molar-refractivity contribution in [2.75, 3.05) is 14.2 Å². The van der Waals surface area contributed by atoms with Gasteiger partial charge in [-0.3, -0.25) is 9.48 Å². The van der Waals surface area contributed by atoms with Crippen molar-refractivity contribution in [2.24, 2.45) is 0 Å². The van der Waals surface area contributed by atoms with Gasteiger partial charge < -0.3 is 19.2 Å². The van der Waals surface area contributed by atoms with Gasteiger partial charge in [0.15, 0.2) is 23.0 Å². The number of carbonyl (C=O) groups excluding carboxylic acids is 1. The molecule has 0 spiro atoms. The maximum Gasteiger partial charge on any atom is 0.435 e. The summed E-state index contributed by atoms with van der Waals surface area (Å²) in [6, 6.07) is 9.20. The largest absolute Gasteiger partial charge is 0.493 e. The SMILES string of the molecule is COc1ccc(CNC(=O)c2ccc(Cn3nc(C(F)(F)F)cc3C)o2)cc1OC. The number of furan rings is 1. The molecule has 10 heteroatoms. The summed E-state index contributed by atoms with van der Waals surface area (Å²) in [5.74, 6) is 1.02. The molecule has 0 unspecified atom stereocenters. The molecule has 1 aromatic carbocycles. The van der Waals surface area contributed by atoms with Gasteiger partial charge in [0.1, 0.15) is 5.76 Å². The third-order valence-corrected chi connectivity index (χ3v) is 4.36. The molecule has 0 fully saturated rings. The van der Waals surface area contributed by atoms with Crippen LogP contribution in [0.3, 0.4) is 0 Å². The average molecular weight is 423 g/mol. The van der Waals surface area contributed by atoms with Gasteiger partial charge in [-0.15, -0.1) is 0 Å². The minimum Gasteiger partial charge on any atom is -0.493 e. The van der Waals surface area contributed by atoms with Gasteiger partial charge in [0.2, 0.25) is 0 Å². The summed E-state index contributed by atoms with van der Waals surface area (Å²) >= 11 is 0. The first-order valence-electron chi connectivity index (χ1n) is 8.90. The van der Waals surface area contributed by atoms with Gasteiger partial charge in [0.25, 0.3) is 5.91 Å². The Morgan fingerprint density at radius 1 is 1.13 bits per heavy atom. The van der Waals surface area contributed by atoms with Crippen LogP contribution in [-0.4, -0.2) is 29.9 Å². The molecule has 1 amide bonds. The fourth-order valence-electron chi connectivity index (χ4n) is 2.80. The first-order valence-corrected chi connectivity index (χ1v) is 8.90. The zero-order valence-electron chi connectivity index (χ0n) is 16.5. The minimum absolute atomic E-state index is 0.0229. The van der Waals surface area contributed by atoms with Crippen LogP contribution >= 0.6 is 0 Å². The first-order chi connectivity index (χ1) is 14.2. The van der Waals surface area contributed by atoms with E-state index in [0.29, 0.717) is 23.0 Å². The van der Waals surface area contributed by atoms with Gasteiger partial charge >= 0.3 is 6.18 Å². The molecule has 3 aromatic rings. The Kier molecular flexibility index (Phi) is 6.04. The van der Waals surface area contributed by atoms with Crippen molar-refractivity contribution in [3.63, 3.8) is 0 Å². The zero-order valence-corrected chi connectivity index (χ0v) is 16.5. The van der Waals surface area contributed by atoms with Crippen LogP contribution < -0.4 is 14.8 Å². The predicted molar refractivity (Wildman–Crippen MR) is 100 cm³/mol. The molecule has 0 bridgehead atoms. The number of aryl methyl sites for hydroxylation is 1. The molecule has 0 aliphatic heterocycles. The first kappa shape index (κ1) is 21.3. The number of nitrogens with one attached hydrogen (secondary N) is 1. The number of ether oxygens (including phenoxy) is 2. The fourth-order valence-corrected chi connectivity index (χ4v) is 2.80. The number of alkyl halides is 3. The lowest BCUT2D eigenvalue weighted by molar-refractivity contribution is -0.141. The van der Waals surface area contributed by atoms with E-state index >= 15 is 0 Å². The summed E-state index contributed by atoms with van der Waals surface area (Å²) < 4.78 is 55.4. The number of halogens is 3. The van der Waals surface area contributed by atoms with Gasteiger partial charge in [0, 0.05) is 12.2 Å². The van der Waals surface area contributed by atoms with Gasteiger partial charge in [-0.2, -0.15) is 18.3 Å². The number of rotatable bonds is 7. The summed E-state index contributed by atoms with van der Waals surface area (Å²) in [7, 11) is 3.05. The highest BCUT2D eigenvalue weighted by molar-refractivity contribution is 5.91. The maximum absolute atomic E-state index is 12.8. The van der Waals surface area contributed by atoms with E-state index in [1.165, 1.54) is 38.0 Å². The molecule has 0 saturated carbocycles. The topological polar surface area (TPSA) is 78.5 Å². The molecule has 3 rings (SSSR count). The number of methoxy groups -OCH3 is 2. The van der Waals surface area contributed by atoms with Crippen molar-refractivity contribution < 1.29 is 31.9 Å². The van der Waals surface area contributed by atoms with Crippen LogP contribution in [-0.2, 0) is 19.3 Å². The van der Waals surface area contributed by atoms with Gasteiger partial charge in [-0.25, -0.2) is 0 Å². The summed E-state index contributed by atoms with van der Waals surface area (Å²) in [5.41, 5.74) is 0.150. The number of nitrogens with zero attached hydrogens (tertiary/aromatic N) is 2. The highest BCUT2D eigenvalue weighted by atomic mass is 19.4. The fraction of sp³-hybridized carbons (Fsp3) is 0.300. The quantitative estimate of drug-likeness (QED) is 0.626. The second-order valence-electron chi connectivity index (χ2n) is 6.46. The van der Waals surface area contributed by atoms with E-state index in [-0.39, 0.29) is 18.8 Å². The zero-order chi connectivity index (χ0) is 21.9. The van der Waals surface area contributed by atoms with Crippen LogP contribution in [0.5, 0.6) is 11.5 Å². The highest BCUT2D eigenvalue weighted by Gasteiger charge is 2.34. The number of hydrogen-bond donors (Lipinski definition) is 1. The van der Waals surface area contributed by atoms with Crippen molar-refractivity contribution in [1.82, 2.24) is 15.1 Å². The Morgan fingerprint density at radius 3 is 2.50 bits per heavy atom. The van der Waals surface area contributed by atoms with Crippen LogP contribution in [0.2, 0.25) is 0 Å². The van der Waals surface area contributed by atoms with E-state index in [4.69, 9.17) is 13.9 Å². The van der Waals surface area contributed by atoms with Crippen molar-refractivity contribution in [2.45, 2.75) is 26.2 Å². The molecule has 2 aromatic heterocycles. The van der Waals surface area contributed by atoms with Crippen molar-refractivity contribution >= 4 is 5.91 Å². The molecule has 0 aliphatic rings. The van der Waals surface area contributed by atoms with E-state index in [9.17, 15) is 18.0 Å². The monoisotopic (exact) mass is 423 g/mol. The van der Waals surface area contributed by atoms with Crippen LogP contribution in [0, 0.1) is 6.92 Å². The second-order valence-corrected chi connectivity index (χ2v) is 6.46. The molecule has 160 valence electrons. The van der Waals surface area contributed by atoms with Crippen LogP contribution in [0.1, 0.15) is 33.3 Å². The molecule has 0 atom stereocenters. The molecule has 1 N–H and O–H groups in total. The van der Waals surface area contributed by atoms with Crippen molar-refractivity contribution in [3.05, 3.63) is 64.9 Å². The summed E-state index contributed by atoms with van der Waals surface area (Å²) in [5, 5.41) is 6.26. The standard InChI is InChI=1S/C20H20F3N3O4/c1-12-8-18(20(21,22)23)25-26(12)11-14-5-7-16(30-14)19(27)24-10-13-4-6-15(28-2)17(9-13)29-3/h4-9H,10-11H2,1-3H3,(H,24,27). The second kappa shape index (κ2) is 8.52.